The molecule has 1 unspecified atom stereocenters. The summed E-state index contributed by atoms with van der Waals surface area (Å²) in [4.78, 5) is 26.8. The van der Waals surface area contributed by atoms with Crippen molar-refractivity contribution in [1.82, 2.24) is 9.55 Å². The summed E-state index contributed by atoms with van der Waals surface area (Å²) in [5.74, 6) is -0.546. The van der Waals surface area contributed by atoms with Crippen molar-refractivity contribution in [2.75, 3.05) is 5.73 Å². The van der Waals surface area contributed by atoms with Gasteiger partial charge in [0, 0.05) is 6.42 Å². The number of carboxylic acids is 1. The van der Waals surface area contributed by atoms with Crippen molar-refractivity contribution >= 4 is 11.7 Å². The standard InChI is InChI=1S/C9H11N3O3/c1-9(8(14)15)3-2-6-11-4-5(10)7(13)12(6)9/h4H,2-3,10H2,1H3,(H,14,15). The third-order valence-electron chi connectivity index (χ3n) is 2.85. The molecule has 2 heterocycles. The molecule has 0 saturated carbocycles. The van der Waals surface area contributed by atoms with Crippen LogP contribution < -0.4 is 11.3 Å². The average molecular weight is 209 g/mol. The Labute approximate surface area is 85.4 Å². The number of hydrogen-bond donors (Lipinski definition) is 2. The van der Waals surface area contributed by atoms with Crippen LogP contribution in [0.5, 0.6) is 0 Å². The van der Waals surface area contributed by atoms with Crippen molar-refractivity contribution in [3.05, 3.63) is 22.4 Å². The van der Waals surface area contributed by atoms with Crippen LogP contribution in [0.4, 0.5) is 5.69 Å². The van der Waals surface area contributed by atoms with Crippen molar-refractivity contribution in [1.29, 1.82) is 0 Å². The Balaban J connectivity index is 2.74. The Morgan fingerprint density at radius 3 is 3.00 bits per heavy atom. The van der Waals surface area contributed by atoms with Crippen LogP contribution in [0.2, 0.25) is 0 Å². The number of nitrogens with zero attached hydrogens (tertiary/aromatic N) is 2. The van der Waals surface area contributed by atoms with Gasteiger partial charge >= 0.3 is 5.97 Å². The van der Waals surface area contributed by atoms with Gasteiger partial charge in [0.2, 0.25) is 0 Å². The first-order chi connectivity index (χ1) is 6.97. The maximum atomic E-state index is 11.7. The molecule has 0 aliphatic carbocycles. The predicted octanol–water partition coefficient (Wildman–Crippen LogP) is -0.428. The number of nitrogen functional groups attached to an aromatic ring is 1. The minimum atomic E-state index is -1.21. The molecule has 0 radical (unpaired) electrons. The first kappa shape index (κ1) is 9.70. The highest BCUT2D eigenvalue weighted by molar-refractivity contribution is 5.77. The summed E-state index contributed by atoms with van der Waals surface area (Å²) in [6, 6.07) is 0. The fraction of sp³-hybridized carbons (Fsp3) is 0.444. The molecule has 3 N–H and O–H groups in total. The number of aliphatic carboxylic acids is 1. The first-order valence-corrected chi connectivity index (χ1v) is 4.57. The van der Waals surface area contributed by atoms with E-state index < -0.39 is 17.1 Å². The van der Waals surface area contributed by atoms with Crippen LogP contribution in [-0.2, 0) is 16.8 Å². The summed E-state index contributed by atoms with van der Waals surface area (Å²) < 4.78 is 1.19. The van der Waals surface area contributed by atoms with E-state index in [2.05, 4.69) is 4.98 Å². The molecule has 1 aliphatic heterocycles. The molecular weight excluding hydrogens is 198 g/mol. The van der Waals surface area contributed by atoms with Crippen LogP contribution in [0.15, 0.2) is 11.0 Å². The minimum Gasteiger partial charge on any atom is -0.479 e. The SMILES string of the molecule is CC1(C(=O)O)CCc2ncc(N)c(=O)n21. The molecule has 0 aromatic carbocycles. The normalized spacial score (nSPS) is 23.8. The number of aromatic nitrogens is 2. The molecule has 0 bridgehead atoms. The lowest BCUT2D eigenvalue weighted by atomic mass is 10.00. The van der Waals surface area contributed by atoms with Gasteiger partial charge in [-0.25, -0.2) is 9.78 Å². The van der Waals surface area contributed by atoms with Gasteiger partial charge in [0.1, 0.15) is 17.1 Å². The van der Waals surface area contributed by atoms with Crippen LogP contribution in [0, 0.1) is 0 Å². The summed E-state index contributed by atoms with van der Waals surface area (Å²) in [6.07, 6.45) is 2.13. The molecule has 0 spiro atoms. The monoisotopic (exact) mass is 209 g/mol. The summed E-state index contributed by atoms with van der Waals surface area (Å²) in [7, 11) is 0. The molecular formula is C9H11N3O3. The van der Waals surface area contributed by atoms with Gasteiger partial charge in [0.15, 0.2) is 0 Å². The molecule has 2 rings (SSSR count). The Bertz CT molecular complexity index is 494. The highest BCUT2D eigenvalue weighted by Crippen LogP contribution is 2.29. The second-order valence-electron chi connectivity index (χ2n) is 3.85. The van der Waals surface area contributed by atoms with E-state index in [1.54, 1.807) is 0 Å². The lowest BCUT2D eigenvalue weighted by Gasteiger charge is -2.21. The van der Waals surface area contributed by atoms with Gasteiger partial charge in [-0.2, -0.15) is 0 Å². The lowest BCUT2D eigenvalue weighted by Crippen LogP contribution is -2.43. The van der Waals surface area contributed by atoms with Gasteiger partial charge in [0.05, 0.1) is 6.20 Å². The van der Waals surface area contributed by atoms with Crippen LogP contribution in [0.1, 0.15) is 19.2 Å². The van der Waals surface area contributed by atoms with Crippen LogP contribution in [-0.4, -0.2) is 20.6 Å². The average Bonchev–Trinajstić information content (AvgIpc) is 2.52. The highest BCUT2D eigenvalue weighted by atomic mass is 16.4. The second-order valence-corrected chi connectivity index (χ2v) is 3.85. The molecule has 1 aromatic heterocycles. The highest BCUT2D eigenvalue weighted by Gasteiger charge is 2.42. The predicted molar refractivity (Wildman–Crippen MR) is 52.5 cm³/mol. The maximum absolute atomic E-state index is 11.7. The third-order valence-corrected chi connectivity index (χ3v) is 2.85. The van der Waals surface area contributed by atoms with Crippen molar-refractivity contribution in [2.24, 2.45) is 0 Å². The van der Waals surface area contributed by atoms with E-state index in [4.69, 9.17) is 10.8 Å². The van der Waals surface area contributed by atoms with Crippen molar-refractivity contribution in [2.45, 2.75) is 25.3 Å². The quantitative estimate of drug-likeness (QED) is 0.654. The smallest absolute Gasteiger partial charge is 0.329 e. The van der Waals surface area contributed by atoms with Gasteiger partial charge in [-0.15, -0.1) is 0 Å². The van der Waals surface area contributed by atoms with E-state index in [0.29, 0.717) is 18.7 Å². The molecule has 1 aromatic rings. The minimum absolute atomic E-state index is 0.0203. The van der Waals surface area contributed by atoms with E-state index in [1.165, 1.54) is 17.7 Å². The number of rotatable bonds is 1. The number of aryl methyl sites for hydroxylation is 1. The number of anilines is 1. The topological polar surface area (TPSA) is 98.2 Å². The summed E-state index contributed by atoms with van der Waals surface area (Å²) in [6.45, 7) is 1.51. The van der Waals surface area contributed by atoms with E-state index in [1.807, 2.05) is 0 Å². The molecule has 1 aliphatic rings. The van der Waals surface area contributed by atoms with Crippen molar-refractivity contribution < 1.29 is 9.90 Å². The Hall–Kier alpha value is -1.85. The third kappa shape index (κ3) is 1.14. The number of nitrogens with two attached hydrogens (primary N) is 1. The number of carbonyl (C=O) groups is 1. The molecule has 0 amide bonds. The zero-order chi connectivity index (χ0) is 11.2. The van der Waals surface area contributed by atoms with Crippen LogP contribution in [0.3, 0.4) is 0 Å². The summed E-state index contributed by atoms with van der Waals surface area (Å²) in [5, 5.41) is 9.11. The van der Waals surface area contributed by atoms with Gasteiger partial charge in [-0.3, -0.25) is 9.36 Å². The number of fused-ring (bicyclic) bond motifs is 1. The largest absolute Gasteiger partial charge is 0.479 e. The van der Waals surface area contributed by atoms with Crippen molar-refractivity contribution in [3.8, 4) is 0 Å². The molecule has 0 fully saturated rings. The summed E-state index contributed by atoms with van der Waals surface area (Å²) in [5.41, 5.74) is 3.72. The molecule has 80 valence electrons. The van der Waals surface area contributed by atoms with Gasteiger partial charge in [-0.1, -0.05) is 0 Å². The fourth-order valence-electron chi connectivity index (χ4n) is 1.86. The zero-order valence-electron chi connectivity index (χ0n) is 8.23. The maximum Gasteiger partial charge on any atom is 0.329 e. The Morgan fingerprint density at radius 2 is 2.40 bits per heavy atom. The van der Waals surface area contributed by atoms with Crippen LogP contribution >= 0.6 is 0 Å². The second kappa shape index (κ2) is 2.82. The van der Waals surface area contributed by atoms with Gasteiger partial charge in [-0.05, 0) is 13.3 Å². The van der Waals surface area contributed by atoms with E-state index in [9.17, 15) is 9.59 Å². The molecule has 15 heavy (non-hydrogen) atoms. The molecule has 1 atom stereocenters. The van der Waals surface area contributed by atoms with Crippen molar-refractivity contribution in [3.63, 3.8) is 0 Å². The number of carboxylic acid groups (broad SMARTS) is 1. The molecule has 6 nitrogen and oxygen atoms in total. The molecule has 6 heteroatoms. The Kier molecular flexibility index (Phi) is 1.82. The van der Waals surface area contributed by atoms with Gasteiger partial charge in [0.25, 0.3) is 5.56 Å². The van der Waals surface area contributed by atoms with E-state index in [-0.39, 0.29) is 5.69 Å². The Morgan fingerprint density at radius 1 is 1.73 bits per heavy atom. The zero-order valence-corrected chi connectivity index (χ0v) is 8.23. The van der Waals surface area contributed by atoms with E-state index in [0.717, 1.165) is 0 Å². The van der Waals surface area contributed by atoms with E-state index >= 15 is 0 Å². The lowest BCUT2D eigenvalue weighted by molar-refractivity contribution is -0.146. The summed E-state index contributed by atoms with van der Waals surface area (Å²) >= 11 is 0. The number of hydrogen-bond acceptors (Lipinski definition) is 4. The fourth-order valence-corrected chi connectivity index (χ4v) is 1.86. The first-order valence-electron chi connectivity index (χ1n) is 4.57. The van der Waals surface area contributed by atoms with Gasteiger partial charge < -0.3 is 10.8 Å². The molecule has 0 saturated heterocycles. The van der Waals surface area contributed by atoms with Crippen LogP contribution in [0.25, 0.3) is 0 Å².